The molecule has 0 bridgehead atoms. The monoisotopic (exact) mass is 296 g/mol. The minimum Gasteiger partial charge on any atom is -0.440 e. The van der Waals surface area contributed by atoms with Crippen LogP contribution >= 0.6 is 0 Å². The summed E-state index contributed by atoms with van der Waals surface area (Å²) >= 11 is 0. The summed E-state index contributed by atoms with van der Waals surface area (Å²) in [5, 5.41) is 0. The highest BCUT2D eigenvalue weighted by Crippen LogP contribution is 2.21. The van der Waals surface area contributed by atoms with E-state index in [-0.39, 0.29) is 0 Å². The lowest BCUT2D eigenvalue weighted by Crippen LogP contribution is -2.53. The van der Waals surface area contributed by atoms with Crippen LogP contribution in [0, 0.1) is 0 Å². The van der Waals surface area contributed by atoms with Crippen LogP contribution in [-0.4, -0.2) is 34.5 Å². The van der Waals surface area contributed by atoms with Crippen molar-refractivity contribution in [1.82, 2.24) is 0 Å². The molecule has 0 atom stereocenters. The summed E-state index contributed by atoms with van der Waals surface area (Å²) < 4.78 is 18.4. The molecule has 0 aliphatic rings. The first kappa shape index (κ1) is 16.7. The summed E-state index contributed by atoms with van der Waals surface area (Å²) in [4.78, 5) is 0. The van der Waals surface area contributed by atoms with Crippen LogP contribution < -0.4 is 0 Å². The second-order valence-electron chi connectivity index (χ2n) is 6.28. The Balaban J connectivity index is 4.45. The van der Waals surface area contributed by atoms with E-state index in [2.05, 4.69) is 58.9 Å². The molecule has 0 aromatic heterocycles. The lowest BCUT2D eigenvalue weighted by molar-refractivity contribution is 0.335. The van der Waals surface area contributed by atoms with E-state index in [4.69, 9.17) is 12.3 Å². The zero-order valence-electron chi connectivity index (χ0n) is 12.3. The van der Waals surface area contributed by atoms with Crippen LogP contribution in [0.5, 0.6) is 0 Å². The highest BCUT2D eigenvalue weighted by molar-refractivity contribution is 6.87. The summed E-state index contributed by atoms with van der Waals surface area (Å²) in [6.07, 6.45) is 0. The van der Waals surface area contributed by atoms with Gasteiger partial charge in [0.15, 0.2) is 17.4 Å². The van der Waals surface area contributed by atoms with Crippen molar-refractivity contribution >= 4 is 34.5 Å². The molecule has 0 N–H and O–H groups in total. The van der Waals surface area contributed by atoms with E-state index < -0.39 is 34.5 Å². The van der Waals surface area contributed by atoms with Gasteiger partial charge in [-0.1, -0.05) is 0 Å². The van der Waals surface area contributed by atoms with Crippen molar-refractivity contribution in [2.24, 2.45) is 0 Å². The summed E-state index contributed by atoms with van der Waals surface area (Å²) in [5.41, 5.74) is 0. The second kappa shape index (κ2) is 5.59. The fourth-order valence-corrected chi connectivity index (χ4v) is 18.3. The topological polar surface area (TPSA) is 27.7 Å². The van der Waals surface area contributed by atoms with Gasteiger partial charge in [-0.25, -0.2) is 0 Å². The maximum atomic E-state index is 6.21. The van der Waals surface area contributed by atoms with Gasteiger partial charge in [0.2, 0.25) is 0 Å². The smallest absolute Gasteiger partial charge is 0.312 e. The molecular weight excluding hydrogens is 268 g/mol. The molecule has 16 heavy (non-hydrogen) atoms. The van der Waals surface area contributed by atoms with Crippen LogP contribution in [-0.2, 0) is 12.3 Å². The van der Waals surface area contributed by atoms with Gasteiger partial charge in [-0.15, -0.1) is 0 Å². The molecule has 0 aliphatic heterocycles. The van der Waals surface area contributed by atoms with Crippen molar-refractivity contribution in [3.63, 3.8) is 0 Å². The molecule has 0 aliphatic carbocycles. The van der Waals surface area contributed by atoms with E-state index in [1.165, 1.54) is 0 Å². The molecule has 0 aromatic rings. The van der Waals surface area contributed by atoms with E-state index in [9.17, 15) is 0 Å². The highest BCUT2D eigenvalue weighted by atomic mass is 28.5. The Morgan fingerprint density at radius 1 is 0.688 bits per heavy atom. The fraction of sp³-hybridized carbons (Fsp3) is 1.00. The van der Waals surface area contributed by atoms with E-state index >= 15 is 0 Å². The Kier molecular flexibility index (Phi) is 5.85. The first-order chi connectivity index (χ1) is 6.83. The molecule has 0 saturated heterocycles. The molecular formula is C9H28O3Si4. The zero-order valence-corrected chi connectivity index (χ0v) is 16.5. The van der Waals surface area contributed by atoms with Crippen molar-refractivity contribution in [1.29, 1.82) is 0 Å². The third kappa shape index (κ3) is 8.85. The minimum absolute atomic E-state index is 1.02. The SMILES string of the molecule is C[SiH](C)O[Si](C)(C)O[Si](C)(C)O[Si](C)(C)C. The molecule has 0 unspecified atom stereocenters. The van der Waals surface area contributed by atoms with Gasteiger partial charge < -0.3 is 12.3 Å². The van der Waals surface area contributed by atoms with Crippen LogP contribution in [0.1, 0.15) is 0 Å². The zero-order chi connectivity index (χ0) is 13.2. The maximum absolute atomic E-state index is 6.21. The molecule has 0 heterocycles. The Morgan fingerprint density at radius 2 is 1.12 bits per heavy atom. The molecule has 0 amide bonds. The highest BCUT2D eigenvalue weighted by Gasteiger charge is 2.39. The van der Waals surface area contributed by atoms with Gasteiger partial charge in [-0.3, -0.25) is 0 Å². The lowest BCUT2D eigenvalue weighted by Gasteiger charge is -2.37. The lowest BCUT2D eigenvalue weighted by atomic mass is 11.8. The average molecular weight is 297 g/mol. The van der Waals surface area contributed by atoms with Crippen molar-refractivity contribution in [3.8, 4) is 0 Å². The first-order valence-corrected chi connectivity index (χ1v) is 17.7. The van der Waals surface area contributed by atoms with Crippen LogP contribution in [0.15, 0.2) is 0 Å². The van der Waals surface area contributed by atoms with Crippen LogP contribution in [0.3, 0.4) is 0 Å². The van der Waals surface area contributed by atoms with Crippen molar-refractivity contribution in [2.45, 2.75) is 58.9 Å². The third-order valence-electron chi connectivity index (χ3n) is 1.56. The quantitative estimate of drug-likeness (QED) is 0.704. The van der Waals surface area contributed by atoms with Crippen LogP contribution in [0.2, 0.25) is 58.9 Å². The standard InChI is InChI=1S/C9H28O3Si4/c1-13(2)10-15(6,7)12-16(8,9)11-14(3,4)5/h13H,1-9H3. The first-order valence-electron chi connectivity index (χ1n) is 5.91. The molecule has 0 spiro atoms. The van der Waals surface area contributed by atoms with Crippen molar-refractivity contribution in [2.75, 3.05) is 0 Å². The molecule has 0 aromatic carbocycles. The Labute approximate surface area is 106 Å². The van der Waals surface area contributed by atoms with Gasteiger partial charge in [-0.2, -0.15) is 0 Å². The molecule has 0 radical (unpaired) electrons. The molecule has 0 saturated carbocycles. The second-order valence-corrected chi connectivity index (χ2v) is 20.8. The Hall–Kier alpha value is 0.748. The summed E-state index contributed by atoms with van der Waals surface area (Å²) in [6.45, 7) is 19.5. The predicted molar refractivity (Wildman–Crippen MR) is 80.4 cm³/mol. The normalized spacial score (nSPS) is 14.6. The number of rotatable bonds is 6. The maximum Gasteiger partial charge on any atom is 0.312 e. The van der Waals surface area contributed by atoms with Gasteiger partial charge in [0.1, 0.15) is 0 Å². The van der Waals surface area contributed by atoms with Crippen LogP contribution in [0.4, 0.5) is 0 Å². The van der Waals surface area contributed by atoms with Crippen molar-refractivity contribution < 1.29 is 12.3 Å². The average Bonchev–Trinajstić information content (AvgIpc) is 1.69. The van der Waals surface area contributed by atoms with E-state index in [1.54, 1.807) is 0 Å². The number of hydrogen-bond donors (Lipinski definition) is 0. The molecule has 7 heteroatoms. The largest absolute Gasteiger partial charge is 0.440 e. The van der Waals surface area contributed by atoms with Gasteiger partial charge in [0.25, 0.3) is 0 Å². The van der Waals surface area contributed by atoms with Crippen molar-refractivity contribution in [3.05, 3.63) is 0 Å². The van der Waals surface area contributed by atoms with Gasteiger partial charge in [0.05, 0.1) is 0 Å². The molecule has 3 nitrogen and oxygen atoms in total. The predicted octanol–water partition coefficient (Wildman–Crippen LogP) is 3.26. The molecule has 98 valence electrons. The van der Waals surface area contributed by atoms with Gasteiger partial charge in [0, 0.05) is 0 Å². The molecule has 0 rings (SSSR count). The van der Waals surface area contributed by atoms with E-state index in [0.29, 0.717) is 0 Å². The summed E-state index contributed by atoms with van der Waals surface area (Å²) in [7, 11) is -6.54. The Morgan fingerprint density at radius 3 is 1.44 bits per heavy atom. The van der Waals surface area contributed by atoms with E-state index in [1.807, 2.05) is 0 Å². The third-order valence-corrected chi connectivity index (χ3v) is 14.1. The Bertz CT molecular complexity index is 223. The van der Waals surface area contributed by atoms with E-state index in [0.717, 1.165) is 0 Å². The van der Waals surface area contributed by atoms with Gasteiger partial charge >= 0.3 is 17.1 Å². The fourth-order valence-electron chi connectivity index (χ4n) is 1.94. The number of hydrogen-bond acceptors (Lipinski definition) is 3. The summed E-state index contributed by atoms with van der Waals surface area (Å²) in [5.74, 6) is 0. The minimum atomic E-state index is -2.02. The molecule has 0 fully saturated rings. The van der Waals surface area contributed by atoms with Crippen LogP contribution in [0.25, 0.3) is 0 Å². The van der Waals surface area contributed by atoms with Gasteiger partial charge in [-0.05, 0) is 58.9 Å². The summed E-state index contributed by atoms with van der Waals surface area (Å²) in [6, 6.07) is 0.